The third-order valence-electron chi connectivity index (χ3n) is 2.95. The predicted octanol–water partition coefficient (Wildman–Crippen LogP) is 2.22. The molecule has 1 unspecified atom stereocenters. The Balaban J connectivity index is 2.68. The van der Waals surface area contributed by atoms with Crippen LogP contribution in [0.2, 0.25) is 0 Å². The van der Waals surface area contributed by atoms with E-state index < -0.39 is 9.84 Å². The number of nitrogens with one attached hydrogen (secondary N) is 1. The normalized spacial score (nSPS) is 13.6. The molecular weight excluding hydrogens is 253 g/mol. The first-order valence-electron chi connectivity index (χ1n) is 5.94. The van der Waals surface area contributed by atoms with Crippen molar-refractivity contribution in [2.75, 3.05) is 19.1 Å². The molecule has 18 heavy (non-hydrogen) atoms. The Morgan fingerprint density at radius 2 is 2.06 bits per heavy atom. The molecule has 0 aromatic heterocycles. The molecule has 0 aliphatic carbocycles. The molecule has 102 valence electrons. The van der Waals surface area contributed by atoms with Crippen LogP contribution in [0.3, 0.4) is 0 Å². The van der Waals surface area contributed by atoms with Gasteiger partial charge in [-0.2, -0.15) is 0 Å². The fourth-order valence-electron chi connectivity index (χ4n) is 1.85. The fourth-order valence-corrected chi connectivity index (χ4v) is 2.54. The Morgan fingerprint density at radius 3 is 2.56 bits per heavy atom. The molecule has 0 bridgehead atoms. The molecule has 0 radical (unpaired) electrons. The molecule has 5 heteroatoms. The second-order valence-corrected chi connectivity index (χ2v) is 6.88. The molecule has 1 atom stereocenters. The molecule has 0 amide bonds. The molecule has 1 aromatic carbocycles. The van der Waals surface area contributed by atoms with Crippen LogP contribution in [0.1, 0.15) is 30.0 Å². The number of hydrogen-bond donors (Lipinski definition) is 1. The molecule has 1 N–H and O–H groups in total. The molecule has 0 aliphatic rings. The standard InChI is InChI=1S/C13H20FNO2S/c1-10-6-7-11(9-12(10)14)13(15-2)5-4-8-18(3,16)17/h6-7,9,13,15H,4-5,8H2,1-3H3. The third-order valence-corrected chi connectivity index (χ3v) is 3.98. The van der Waals surface area contributed by atoms with Gasteiger partial charge < -0.3 is 5.32 Å². The lowest BCUT2D eigenvalue weighted by Crippen LogP contribution is -2.18. The minimum Gasteiger partial charge on any atom is -0.313 e. The van der Waals surface area contributed by atoms with Crippen molar-refractivity contribution in [2.45, 2.75) is 25.8 Å². The van der Waals surface area contributed by atoms with Crippen molar-refractivity contribution >= 4 is 9.84 Å². The first kappa shape index (κ1) is 15.1. The van der Waals surface area contributed by atoms with Gasteiger partial charge in [0.2, 0.25) is 0 Å². The smallest absolute Gasteiger partial charge is 0.147 e. The van der Waals surface area contributed by atoms with Gasteiger partial charge >= 0.3 is 0 Å². The van der Waals surface area contributed by atoms with Crippen LogP contribution >= 0.6 is 0 Å². The van der Waals surface area contributed by atoms with Crippen molar-refractivity contribution in [3.63, 3.8) is 0 Å². The summed E-state index contributed by atoms with van der Waals surface area (Å²) in [4.78, 5) is 0. The van der Waals surface area contributed by atoms with Gasteiger partial charge in [0.15, 0.2) is 0 Å². The predicted molar refractivity (Wildman–Crippen MR) is 71.9 cm³/mol. The average molecular weight is 273 g/mol. The van der Waals surface area contributed by atoms with Gasteiger partial charge in [0.1, 0.15) is 15.7 Å². The van der Waals surface area contributed by atoms with Gasteiger partial charge in [-0.15, -0.1) is 0 Å². The number of aryl methyl sites for hydroxylation is 1. The van der Waals surface area contributed by atoms with E-state index in [9.17, 15) is 12.8 Å². The summed E-state index contributed by atoms with van der Waals surface area (Å²) in [7, 11) is -1.13. The van der Waals surface area contributed by atoms with Gasteiger partial charge in [-0.3, -0.25) is 0 Å². The Kier molecular flexibility index (Phi) is 5.28. The largest absolute Gasteiger partial charge is 0.313 e. The molecule has 1 rings (SSSR count). The van der Waals surface area contributed by atoms with Crippen LogP contribution in [-0.2, 0) is 9.84 Å². The third kappa shape index (κ3) is 4.74. The monoisotopic (exact) mass is 273 g/mol. The molecule has 0 spiro atoms. The molecule has 1 aromatic rings. The van der Waals surface area contributed by atoms with E-state index in [0.29, 0.717) is 18.4 Å². The Labute approximate surface area is 108 Å². The number of rotatable bonds is 6. The molecule has 3 nitrogen and oxygen atoms in total. The van der Waals surface area contributed by atoms with Crippen LogP contribution in [0.5, 0.6) is 0 Å². The maximum Gasteiger partial charge on any atom is 0.147 e. The number of halogens is 1. The zero-order chi connectivity index (χ0) is 13.8. The second kappa shape index (κ2) is 6.29. The van der Waals surface area contributed by atoms with E-state index in [-0.39, 0.29) is 17.6 Å². The van der Waals surface area contributed by atoms with Crippen molar-refractivity contribution in [1.29, 1.82) is 0 Å². The van der Waals surface area contributed by atoms with E-state index in [1.54, 1.807) is 20.0 Å². The van der Waals surface area contributed by atoms with Crippen LogP contribution in [0.4, 0.5) is 4.39 Å². The highest BCUT2D eigenvalue weighted by atomic mass is 32.2. The first-order valence-corrected chi connectivity index (χ1v) is 8.00. The van der Waals surface area contributed by atoms with Gasteiger partial charge in [-0.1, -0.05) is 12.1 Å². The highest BCUT2D eigenvalue weighted by Gasteiger charge is 2.12. The van der Waals surface area contributed by atoms with Crippen LogP contribution in [-0.4, -0.2) is 27.5 Å². The van der Waals surface area contributed by atoms with E-state index in [1.165, 1.54) is 12.3 Å². The second-order valence-electron chi connectivity index (χ2n) is 4.62. The maximum absolute atomic E-state index is 13.5. The van der Waals surface area contributed by atoms with E-state index >= 15 is 0 Å². The minimum absolute atomic E-state index is 0.0122. The summed E-state index contributed by atoms with van der Waals surface area (Å²) in [6.45, 7) is 1.72. The van der Waals surface area contributed by atoms with Gasteiger partial charge in [-0.25, -0.2) is 12.8 Å². The summed E-state index contributed by atoms with van der Waals surface area (Å²) >= 11 is 0. The summed E-state index contributed by atoms with van der Waals surface area (Å²) in [5.41, 5.74) is 1.47. The summed E-state index contributed by atoms with van der Waals surface area (Å²) in [5.74, 6) is -0.0599. The van der Waals surface area contributed by atoms with Crippen LogP contribution in [0, 0.1) is 12.7 Å². The van der Waals surface area contributed by atoms with Crippen molar-refractivity contribution in [2.24, 2.45) is 0 Å². The Hall–Kier alpha value is -0.940. The molecule has 0 aliphatic heterocycles. The lowest BCUT2D eigenvalue weighted by molar-refractivity contribution is 0.530. The summed E-state index contributed by atoms with van der Waals surface area (Å²) in [6.07, 6.45) is 2.47. The van der Waals surface area contributed by atoms with Crippen molar-refractivity contribution in [3.05, 3.63) is 35.1 Å². The van der Waals surface area contributed by atoms with Gasteiger partial charge in [0.05, 0.1) is 0 Å². The van der Waals surface area contributed by atoms with Gasteiger partial charge in [0, 0.05) is 18.1 Å². The van der Waals surface area contributed by atoms with Gasteiger partial charge in [0.25, 0.3) is 0 Å². The molecule has 0 heterocycles. The van der Waals surface area contributed by atoms with Crippen molar-refractivity contribution < 1.29 is 12.8 Å². The summed E-state index contributed by atoms with van der Waals surface area (Å²) in [6, 6.07) is 5.12. The lowest BCUT2D eigenvalue weighted by Gasteiger charge is -2.17. The minimum atomic E-state index is -2.93. The Bertz CT molecular complexity index is 500. The highest BCUT2D eigenvalue weighted by Crippen LogP contribution is 2.20. The van der Waals surface area contributed by atoms with E-state index in [4.69, 9.17) is 0 Å². The van der Waals surface area contributed by atoms with E-state index in [0.717, 1.165) is 5.56 Å². The molecule has 0 fully saturated rings. The van der Waals surface area contributed by atoms with Crippen LogP contribution < -0.4 is 5.32 Å². The van der Waals surface area contributed by atoms with Gasteiger partial charge in [-0.05, 0) is 44.0 Å². The number of sulfone groups is 1. The summed E-state index contributed by atoms with van der Waals surface area (Å²) < 4.78 is 35.6. The zero-order valence-corrected chi connectivity index (χ0v) is 11.8. The molecule has 0 saturated heterocycles. The van der Waals surface area contributed by atoms with Crippen LogP contribution in [0.25, 0.3) is 0 Å². The highest BCUT2D eigenvalue weighted by molar-refractivity contribution is 7.90. The van der Waals surface area contributed by atoms with Crippen molar-refractivity contribution in [1.82, 2.24) is 5.32 Å². The Morgan fingerprint density at radius 1 is 1.39 bits per heavy atom. The van der Waals surface area contributed by atoms with Crippen molar-refractivity contribution in [3.8, 4) is 0 Å². The quantitative estimate of drug-likeness (QED) is 0.864. The average Bonchev–Trinajstić information content (AvgIpc) is 2.27. The number of benzene rings is 1. The zero-order valence-electron chi connectivity index (χ0n) is 11.0. The topological polar surface area (TPSA) is 46.2 Å². The lowest BCUT2D eigenvalue weighted by atomic mass is 10.0. The molecule has 0 saturated carbocycles. The number of hydrogen-bond acceptors (Lipinski definition) is 3. The van der Waals surface area contributed by atoms with Crippen LogP contribution in [0.15, 0.2) is 18.2 Å². The summed E-state index contributed by atoms with van der Waals surface area (Å²) in [5, 5.41) is 3.09. The van der Waals surface area contributed by atoms with E-state index in [2.05, 4.69) is 5.32 Å². The first-order chi connectivity index (χ1) is 8.33. The maximum atomic E-state index is 13.5. The van der Waals surface area contributed by atoms with E-state index in [1.807, 2.05) is 6.07 Å². The molecular formula is C13H20FNO2S. The SMILES string of the molecule is CNC(CCCS(C)(=O)=O)c1ccc(C)c(F)c1. The fraction of sp³-hybridized carbons (Fsp3) is 0.538.